The average Bonchev–Trinajstić information content (AvgIpc) is 3.29. The Morgan fingerprint density at radius 1 is 1.43 bits per heavy atom. The van der Waals surface area contributed by atoms with Crippen LogP contribution in [0.4, 0.5) is 0 Å². The fraction of sp³-hybridized carbons (Fsp3) is 0.733. The number of amides is 1. The molecule has 0 radical (unpaired) electrons. The highest BCUT2D eigenvalue weighted by Gasteiger charge is 2.35. The zero-order chi connectivity index (χ0) is 16.4. The largest absolute Gasteiger partial charge is 0.342 e. The highest BCUT2D eigenvalue weighted by molar-refractivity contribution is 7.89. The van der Waals surface area contributed by atoms with E-state index < -0.39 is 10.0 Å². The van der Waals surface area contributed by atoms with Crippen molar-refractivity contribution in [2.75, 3.05) is 19.6 Å². The number of carbonyl (C=O) groups is 1. The molecular weight excluding hydrogens is 316 g/mol. The molecule has 3 rings (SSSR count). The van der Waals surface area contributed by atoms with Gasteiger partial charge in [0.1, 0.15) is 5.82 Å². The summed E-state index contributed by atoms with van der Waals surface area (Å²) in [5.74, 6) is 1.31. The van der Waals surface area contributed by atoms with Gasteiger partial charge in [-0.05, 0) is 31.6 Å². The van der Waals surface area contributed by atoms with Crippen molar-refractivity contribution in [1.82, 2.24) is 19.6 Å². The van der Waals surface area contributed by atoms with Crippen LogP contribution in [0, 0.1) is 11.8 Å². The van der Waals surface area contributed by atoms with Crippen LogP contribution in [0.15, 0.2) is 11.2 Å². The van der Waals surface area contributed by atoms with E-state index in [-0.39, 0.29) is 22.8 Å². The van der Waals surface area contributed by atoms with Gasteiger partial charge in [-0.1, -0.05) is 6.92 Å². The highest BCUT2D eigenvalue weighted by atomic mass is 32.2. The lowest BCUT2D eigenvalue weighted by Gasteiger charge is -2.33. The standard InChI is InChI=1S/C15H24N4O3S/c1-2-13-16-9-14(18-13)23(21,22)17-8-11-4-3-7-19(10-11)15(20)12-5-6-12/h9,11-12,17H,2-8,10H2,1H3,(H,16,18). The van der Waals surface area contributed by atoms with Crippen LogP contribution >= 0.6 is 0 Å². The summed E-state index contributed by atoms with van der Waals surface area (Å²) < 4.78 is 27.2. The van der Waals surface area contributed by atoms with Crippen LogP contribution in [-0.4, -0.2) is 48.8 Å². The van der Waals surface area contributed by atoms with Crippen molar-refractivity contribution < 1.29 is 13.2 Å². The smallest absolute Gasteiger partial charge is 0.257 e. The highest BCUT2D eigenvalue weighted by Crippen LogP contribution is 2.32. The topological polar surface area (TPSA) is 95.2 Å². The Morgan fingerprint density at radius 2 is 2.22 bits per heavy atom. The first-order valence-corrected chi connectivity index (χ1v) is 9.80. The molecule has 1 unspecified atom stereocenters. The first kappa shape index (κ1) is 16.4. The third kappa shape index (κ3) is 3.92. The van der Waals surface area contributed by atoms with Crippen LogP contribution in [-0.2, 0) is 21.2 Å². The number of likely N-dealkylation sites (tertiary alicyclic amines) is 1. The lowest BCUT2D eigenvalue weighted by Crippen LogP contribution is -2.44. The van der Waals surface area contributed by atoms with Crippen LogP contribution in [0.25, 0.3) is 0 Å². The molecule has 0 bridgehead atoms. The number of aromatic amines is 1. The minimum absolute atomic E-state index is 0.107. The van der Waals surface area contributed by atoms with Crippen molar-refractivity contribution in [3.05, 3.63) is 12.0 Å². The second-order valence-corrected chi connectivity index (χ2v) is 8.20. The molecule has 1 aromatic rings. The predicted octanol–water partition coefficient (Wildman–Crippen LogP) is 0.899. The van der Waals surface area contributed by atoms with Crippen molar-refractivity contribution in [3.8, 4) is 0 Å². The Balaban J connectivity index is 1.55. The number of hydrogen-bond acceptors (Lipinski definition) is 4. The molecule has 1 amide bonds. The molecule has 1 aliphatic carbocycles. The first-order chi connectivity index (χ1) is 11.0. The molecule has 2 heterocycles. The van der Waals surface area contributed by atoms with Crippen molar-refractivity contribution in [2.24, 2.45) is 11.8 Å². The molecule has 23 heavy (non-hydrogen) atoms. The van der Waals surface area contributed by atoms with Gasteiger partial charge in [0, 0.05) is 32.0 Å². The van der Waals surface area contributed by atoms with E-state index in [4.69, 9.17) is 0 Å². The number of hydrogen-bond donors (Lipinski definition) is 2. The number of nitrogens with one attached hydrogen (secondary N) is 2. The molecule has 2 aliphatic rings. The maximum atomic E-state index is 12.3. The van der Waals surface area contributed by atoms with E-state index in [0.717, 1.165) is 32.2 Å². The molecule has 1 aromatic heterocycles. The van der Waals surface area contributed by atoms with Gasteiger partial charge in [0.25, 0.3) is 10.0 Å². The fourth-order valence-electron chi connectivity index (χ4n) is 2.99. The normalized spacial score (nSPS) is 22.3. The molecule has 0 aromatic carbocycles. The first-order valence-electron chi connectivity index (χ1n) is 8.32. The monoisotopic (exact) mass is 340 g/mol. The summed E-state index contributed by atoms with van der Waals surface area (Å²) in [4.78, 5) is 20.9. The molecule has 1 atom stereocenters. The zero-order valence-electron chi connectivity index (χ0n) is 13.4. The Morgan fingerprint density at radius 3 is 2.87 bits per heavy atom. The van der Waals surface area contributed by atoms with Gasteiger partial charge in [-0.15, -0.1) is 0 Å². The van der Waals surface area contributed by atoms with E-state index in [9.17, 15) is 13.2 Å². The summed E-state index contributed by atoms with van der Waals surface area (Å²) >= 11 is 0. The molecule has 128 valence electrons. The number of aryl methyl sites for hydroxylation is 1. The van der Waals surface area contributed by atoms with Gasteiger partial charge in [0.2, 0.25) is 5.91 Å². The molecule has 2 fully saturated rings. The van der Waals surface area contributed by atoms with Crippen molar-refractivity contribution in [1.29, 1.82) is 0 Å². The van der Waals surface area contributed by atoms with Gasteiger partial charge in [-0.2, -0.15) is 0 Å². The van der Waals surface area contributed by atoms with Gasteiger partial charge < -0.3 is 9.88 Å². The van der Waals surface area contributed by atoms with E-state index in [1.807, 2.05) is 11.8 Å². The van der Waals surface area contributed by atoms with Crippen molar-refractivity contribution in [3.63, 3.8) is 0 Å². The number of nitrogens with zero attached hydrogens (tertiary/aromatic N) is 2. The Bertz CT molecular complexity index is 666. The minimum Gasteiger partial charge on any atom is -0.342 e. The van der Waals surface area contributed by atoms with Crippen LogP contribution in [0.1, 0.15) is 38.4 Å². The Labute approximate surface area is 136 Å². The number of sulfonamides is 1. The minimum atomic E-state index is -3.56. The SMILES string of the molecule is CCc1ncc(S(=O)(=O)NCC2CCCN(C(=O)C3CC3)C2)[nH]1. The van der Waals surface area contributed by atoms with E-state index in [0.29, 0.717) is 25.3 Å². The molecule has 7 nitrogen and oxygen atoms in total. The van der Waals surface area contributed by atoms with E-state index in [1.54, 1.807) is 0 Å². The maximum Gasteiger partial charge on any atom is 0.257 e. The molecular formula is C15H24N4O3S. The number of carbonyl (C=O) groups excluding carboxylic acids is 1. The number of piperidine rings is 1. The van der Waals surface area contributed by atoms with E-state index in [2.05, 4.69) is 14.7 Å². The lowest BCUT2D eigenvalue weighted by atomic mass is 9.98. The summed E-state index contributed by atoms with van der Waals surface area (Å²) in [6, 6.07) is 0. The molecule has 1 aliphatic heterocycles. The van der Waals surface area contributed by atoms with Gasteiger partial charge >= 0.3 is 0 Å². The van der Waals surface area contributed by atoms with Crippen molar-refractivity contribution >= 4 is 15.9 Å². The van der Waals surface area contributed by atoms with Gasteiger partial charge in [0.15, 0.2) is 5.03 Å². The molecule has 2 N–H and O–H groups in total. The Hall–Kier alpha value is -1.41. The van der Waals surface area contributed by atoms with Crippen LogP contribution < -0.4 is 4.72 Å². The molecule has 1 saturated carbocycles. The second kappa shape index (κ2) is 6.60. The summed E-state index contributed by atoms with van der Waals surface area (Å²) in [6.45, 7) is 3.73. The van der Waals surface area contributed by atoms with E-state index >= 15 is 0 Å². The van der Waals surface area contributed by atoms with Crippen LogP contribution in [0.3, 0.4) is 0 Å². The zero-order valence-corrected chi connectivity index (χ0v) is 14.2. The summed E-state index contributed by atoms with van der Waals surface area (Å²) in [5.41, 5.74) is 0. The quantitative estimate of drug-likeness (QED) is 0.804. The van der Waals surface area contributed by atoms with Crippen LogP contribution in [0.5, 0.6) is 0 Å². The van der Waals surface area contributed by atoms with Crippen molar-refractivity contribution in [2.45, 2.75) is 44.1 Å². The number of H-pyrrole nitrogens is 1. The molecule has 0 spiro atoms. The molecule has 1 saturated heterocycles. The third-order valence-corrected chi connectivity index (χ3v) is 5.88. The van der Waals surface area contributed by atoms with Gasteiger partial charge in [0.05, 0.1) is 6.20 Å². The number of aromatic nitrogens is 2. The van der Waals surface area contributed by atoms with Crippen LogP contribution in [0.2, 0.25) is 0 Å². The van der Waals surface area contributed by atoms with E-state index in [1.165, 1.54) is 6.20 Å². The number of rotatable bonds is 6. The maximum absolute atomic E-state index is 12.3. The van der Waals surface area contributed by atoms with Gasteiger partial charge in [-0.3, -0.25) is 4.79 Å². The second-order valence-electron chi connectivity index (χ2n) is 6.47. The predicted molar refractivity (Wildman–Crippen MR) is 85.2 cm³/mol. The van der Waals surface area contributed by atoms with Gasteiger partial charge in [-0.25, -0.2) is 18.1 Å². The summed E-state index contributed by atoms with van der Waals surface area (Å²) in [6.07, 6.45) is 5.91. The summed E-state index contributed by atoms with van der Waals surface area (Å²) in [7, 11) is -3.56. The lowest BCUT2D eigenvalue weighted by molar-refractivity contribution is -0.134. The fourth-order valence-corrected chi connectivity index (χ4v) is 4.04. The average molecular weight is 340 g/mol. The third-order valence-electron chi connectivity index (χ3n) is 4.55. The molecule has 8 heteroatoms. The number of imidazole rings is 1. The Kier molecular flexibility index (Phi) is 4.72. The summed E-state index contributed by atoms with van der Waals surface area (Å²) in [5, 5.41) is 0.107.